The molecule has 7 N–H and O–H groups in total. The second kappa shape index (κ2) is 55.6. The summed E-state index contributed by atoms with van der Waals surface area (Å²) >= 11 is 0. The number of azide groups is 2. The highest BCUT2D eigenvalue weighted by Gasteiger charge is 2.34. The third-order valence-electron chi connectivity index (χ3n) is 12.9. The number of nitrogens with zero attached hydrogens (tertiary/aromatic N) is 6. The van der Waals surface area contributed by atoms with Crippen molar-refractivity contribution >= 4 is 71.7 Å². The molecule has 2 saturated heterocycles. The molecule has 4 aromatic rings. The van der Waals surface area contributed by atoms with Crippen LogP contribution in [0, 0.1) is 0 Å². The molecule has 0 aliphatic carbocycles. The van der Waals surface area contributed by atoms with E-state index in [1.54, 1.807) is 24.3 Å². The van der Waals surface area contributed by atoms with Gasteiger partial charge >= 0.3 is 48.0 Å². The molecular formula is C66H83F2N12O23-. The minimum absolute atomic E-state index is 0.0485. The average Bonchev–Trinajstić information content (AvgIpc) is 1.87. The first-order valence-electron chi connectivity index (χ1n) is 31.8. The largest absolute Gasteiger partial charge is 0.544 e. The van der Waals surface area contributed by atoms with Gasteiger partial charge in [0.25, 0.3) is 6.43 Å². The summed E-state index contributed by atoms with van der Waals surface area (Å²) in [6, 6.07) is 32.9. The second-order valence-corrected chi connectivity index (χ2v) is 20.9. The van der Waals surface area contributed by atoms with Crippen molar-refractivity contribution in [3.05, 3.63) is 164 Å². The standard InChI is InChI=1S/C32H42N6O9.2C13H13NO5.C6H14N4O2.C2H2F2O2/c1-24(39)36-28(13-15-30(41)47-23-26-10-6-3-7-11-26)32(43)37-27(12-14-29(40)46-22-25-8-4-2-5-9-25)31(42)34-16-18-44-20-21-45-19-17-35-38-33;2*15-11(18-8-9-4-2-1-3-5-9)7-6-10-12(16)19-13(17)14-10;7-1-3-11-5-6-12-4-2-9-10-8;3-1(4)2(5)6/h2-11,27-28H,12-23H2,1H3,(H,34,42)(H,36,39)(H,37,43);2*1-5,10H,6-8H2,(H,14,17);1-7H2;1H,(H,5,6)/p-1/t27-,28+;2*10-;;/m010../s1. The Balaban J connectivity index is 0.000000522. The van der Waals surface area contributed by atoms with Crippen LogP contribution in [0.2, 0.25) is 0 Å². The summed E-state index contributed by atoms with van der Waals surface area (Å²) in [5.74, 6) is -7.38. The topological polar surface area (TPSA) is 504 Å². The number of esters is 6. The summed E-state index contributed by atoms with van der Waals surface area (Å²) in [6.45, 7) is 5.90. The quantitative estimate of drug-likeness (QED) is 0.00692. The molecule has 560 valence electrons. The van der Waals surface area contributed by atoms with Gasteiger partial charge in [-0.25, -0.2) is 28.0 Å². The van der Waals surface area contributed by atoms with Crippen molar-refractivity contribution in [1.29, 1.82) is 0 Å². The number of carbonyl (C=O) groups is 12. The minimum Gasteiger partial charge on any atom is -0.544 e. The lowest BCUT2D eigenvalue weighted by Gasteiger charge is -2.23. The maximum absolute atomic E-state index is 13.2. The lowest BCUT2D eigenvalue weighted by Crippen LogP contribution is -2.54. The van der Waals surface area contributed by atoms with E-state index >= 15 is 0 Å². The number of hydrogen-bond donors (Lipinski definition) is 6. The van der Waals surface area contributed by atoms with Gasteiger partial charge in [-0.15, -0.1) is 0 Å². The molecule has 4 atom stereocenters. The number of carboxylic acid groups (broad SMARTS) is 1. The van der Waals surface area contributed by atoms with Crippen LogP contribution in [-0.4, -0.2) is 181 Å². The Hall–Kier alpha value is -11.2. The molecule has 35 nitrogen and oxygen atoms in total. The van der Waals surface area contributed by atoms with Crippen molar-refractivity contribution in [1.82, 2.24) is 26.6 Å². The average molecular weight is 1450 g/mol. The van der Waals surface area contributed by atoms with E-state index in [4.69, 9.17) is 64.6 Å². The van der Waals surface area contributed by atoms with Gasteiger partial charge in [0.05, 0.1) is 52.9 Å². The van der Waals surface area contributed by atoms with Gasteiger partial charge in [-0.1, -0.05) is 132 Å². The minimum atomic E-state index is -3.34. The van der Waals surface area contributed by atoms with Crippen molar-refractivity contribution in [2.75, 3.05) is 79.0 Å². The Morgan fingerprint density at radius 2 is 0.845 bits per heavy atom. The Morgan fingerprint density at radius 3 is 1.16 bits per heavy atom. The van der Waals surface area contributed by atoms with Crippen molar-refractivity contribution in [3.8, 4) is 0 Å². The maximum Gasteiger partial charge on any atom is 0.415 e. The number of halogens is 2. The lowest BCUT2D eigenvalue weighted by molar-refractivity contribution is -0.317. The summed E-state index contributed by atoms with van der Waals surface area (Å²) in [5, 5.41) is 27.9. The van der Waals surface area contributed by atoms with E-state index in [1.807, 2.05) is 97.1 Å². The normalized spacial score (nSPS) is 13.5. The number of carboxylic acids is 1. The molecule has 2 aliphatic rings. The number of benzene rings is 4. The van der Waals surface area contributed by atoms with Crippen molar-refractivity contribution in [2.45, 2.75) is 115 Å². The zero-order valence-corrected chi connectivity index (χ0v) is 56.3. The van der Waals surface area contributed by atoms with E-state index in [0.29, 0.717) is 39.5 Å². The predicted molar refractivity (Wildman–Crippen MR) is 353 cm³/mol. The molecule has 0 unspecified atom stereocenters. The molecule has 0 spiro atoms. The van der Waals surface area contributed by atoms with Crippen molar-refractivity contribution < 1.29 is 119 Å². The molecule has 103 heavy (non-hydrogen) atoms. The van der Waals surface area contributed by atoms with Gasteiger partial charge < -0.3 is 89.6 Å². The van der Waals surface area contributed by atoms with Crippen LogP contribution in [0.5, 0.6) is 0 Å². The van der Waals surface area contributed by atoms with Gasteiger partial charge in [0, 0.05) is 68.6 Å². The molecule has 2 heterocycles. The highest BCUT2D eigenvalue weighted by molar-refractivity contribution is 5.96. The van der Waals surface area contributed by atoms with Gasteiger partial charge in [0.2, 0.25) is 17.7 Å². The summed E-state index contributed by atoms with van der Waals surface area (Å²) in [5.41, 5.74) is 24.7. The molecule has 37 heteroatoms. The molecule has 4 aromatic carbocycles. The van der Waals surface area contributed by atoms with Gasteiger partial charge in [0.1, 0.15) is 56.6 Å². The number of rotatable bonds is 42. The Kier molecular flexibility index (Phi) is 47.4. The molecule has 0 aromatic heterocycles. The van der Waals surface area contributed by atoms with E-state index in [-0.39, 0.29) is 117 Å². The van der Waals surface area contributed by atoms with Crippen LogP contribution < -0.4 is 37.4 Å². The molecule has 2 aliphatic heterocycles. The summed E-state index contributed by atoms with van der Waals surface area (Å²) in [7, 11) is 0. The SMILES string of the molecule is CC(=O)N[C@H](CCC(=O)OCc1ccccc1)C(=O)N[C@@H](CCC(=O)OCc1ccccc1)C(=O)NCCOCCOCCN=[N+]=[N-].O=C(CC[C@@H]1NC(=O)OC1=O)OCc1ccccc1.O=C(CC[C@H]1NC(=O)OC1=O)OCc1ccccc1.O=C([O-])C(F)F.[N-]=[N+]=NCCOCCOCCN. The Labute approximate surface area is 589 Å². The van der Waals surface area contributed by atoms with Crippen LogP contribution in [0.15, 0.2) is 132 Å². The van der Waals surface area contributed by atoms with E-state index in [9.17, 15) is 61.5 Å². The first kappa shape index (κ1) is 87.9. The zero-order valence-electron chi connectivity index (χ0n) is 56.3. The molecular weight excluding hydrogens is 1370 g/mol. The smallest absolute Gasteiger partial charge is 0.415 e. The fourth-order valence-corrected chi connectivity index (χ4v) is 7.91. The lowest BCUT2D eigenvalue weighted by atomic mass is 10.1. The van der Waals surface area contributed by atoms with Crippen LogP contribution in [-0.2, 0) is 122 Å². The van der Waals surface area contributed by atoms with E-state index in [0.717, 1.165) is 22.3 Å². The summed E-state index contributed by atoms with van der Waals surface area (Å²) in [4.78, 5) is 144. The number of alkyl halides is 2. The monoisotopic (exact) mass is 1450 g/mol. The number of aliphatic carboxylic acids is 1. The van der Waals surface area contributed by atoms with Gasteiger partial charge in [-0.2, -0.15) is 0 Å². The Morgan fingerprint density at radius 1 is 0.515 bits per heavy atom. The third kappa shape index (κ3) is 45.2. The first-order chi connectivity index (χ1) is 49.6. The van der Waals surface area contributed by atoms with Gasteiger partial charge in [0.15, 0.2) is 0 Å². The first-order valence-corrected chi connectivity index (χ1v) is 31.8. The van der Waals surface area contributed by atoms with Crippen LogP contribution >= 0.6 is 0 Å². The van der Waals surface area contributed by atoms with Crippen molar-refractivity contribution in [3.63, 3.8) is 0 Å². The highest BCUT2D eigenvalue weighted by atomic mass is 19.3. The van der Waals surface area contributed by atoms with Crippen LogP contribution in [0.1, 0.15) is 80.5 Å². The van der Waals surface area contributed by atoms with Crippen molar-refractivity contribution in [2.24, 2.45) is 16.0 Å². The molecule has 0 saturated carbocycles. The van der Waals surface area contributed by atoms with E-state index in [2.05, 4.69) is 56.1 Å². The number of alkyl carbamates (subject to hydrolysis) is 2. The van der Waals surface area contributed by atoms with Crippen LogP contribution in [0.25, 0.3) is 20.9 Å². The predicted octanol–water partition coefficient (Wildman–Crippen LogP) is 4.06. The number of nitrogens with one attached hydrogen (secondary N) is 5. The summed E-state index contributed by atoms with van der Waals surface area (Å²) < 4.78 is 71.0. The number of carbonyl (C=O) groups excluding carboxylic acids is 12. The third-order valence-corrected chi connectivity index (χ3v) is 12.9. The number of nitrogens with two attached hydrogens (primary N) is 1. The fraction of sp³-hybridized carbons (Fsp3) is 0.455. The molecule has 0 bridgehead atoms. The second-order valence-electron chi connectivity index (χ2n) is 20.9. The molecule has 5 amide bonds. The van der Waals surface area contributed by atoms with Crippen LogP contribution in [0.4, 0.5) is 18.4 Å². The van der Waals surface area contributed by atoms with E-state index < -0.39 is 102 Å². The maximum atomic E-state index is 13.2. The Bertz CT molecular complexity index is 3230. The number of hydrogen-bond acceptors (Lipinski definition) is 26. The van der Waals surface area contributed by atoms with Gasteiger partial charge in [-0.3, -0.25) is 33.6 Å². The van der Waals surface area contributed by atoms with Crippen LogP contribution in [0.3, 0.4) is 0 Å². The molecule has 6 rings (SSSR count). The fourth-order valence-electron chi connectivity index (χ4n) is 7.91. The molecule has 2 fully saturated rings. The number of cyclic esters (lactones) is 4. The van der Waals surface area contributed by atoms with Gasteiger partial charge in [-0.05, 0) is 59.0 Å². The number of amides is 5. The van der Waals surface area contributed by atoms with E-state index in [1.165, 1.54) is 6.92 Å². The summed E-state index contributed by atoms with van der Waals surface area (Å²) in [6.07, 6.45) is -4.94. The number of ether oxygens (including phenoxy) is 10. The highest BCUT2D eigenvalue weighted by Crippen LogP contribution is 2.13. The molecule has 0 radical (unpaired) electrons. The zero-order chi connectivity index (χ0) is 75.7.